The highest BCUT2D eigenvalue weighted by Gasteiger charge is 2.15. The van der Waals surface area contributed by atoms with Crippen molar-refractivity contribution in [2.24, 2.45) is 5.92 Å². The Morgan fingerprint density at radius 2 is 1.86 bits per heavy atom. The summed E-state index contributed by atoms with van der Waals surface area (Å²) in [7, 11) is 1.77. The Labute approximate surface area is 136 Å². The molecule has 0 saturated carbocycles. The molecule has 1 atom stereocenters. The van der Waals surface area contributed by atoms with Crippen LogP contribution in [0.3, 0.4) is 0 Å². The number of hydrogen-bond donors (Lipinski definition) is 0. The first-order valence-electron chi connectivity index (χ1n) is 8.27. The third-order valence-corrected chi connectivity index (χ3v) is 3.64. The van der Waals surface area contributed by atoms with Crippen molar-refractivity contribution in [2.75, 3.05) is 7.11 Å². The van der Waals surface area contributed by atoms with Gasteiger partial charge < -0.3 is 9.47 Å². The second-order valence-corrected chi connectivity index (χ2v) is 6.97. The number of methoxy groups -OCH3 is 1. The maximum absolute atomic E-state index is 11.5. The van der Waals surface area contributed by atoms with E-state index >= 15 is 0 Å². The Kier molecular flexibility index (Phi) is 10.1. The number of ether oxygens (including phenoxy) is 2. The van der Waals surface area contributed by atoms with Crippen LogP contribution in [0.25, 0.3) is 0 Å². The Balaban J connectivity index is 4.05. The predicted octanol–water partition coefficient (Wildman–Crippen LogP) is 5.06. The fourth-order valence-electron chi connectivity index (χ4n) is 2.08. The summed E-state index contributed by atoms with van der Waals surface area (Å²) >= 11 is 0. The highest BCUT2D eigenvalue weighted by atomic mass is 16.5. The molecular formula is C19H34O3. The standard InChI is InChI=1S/C19H34O3/c1-15(2)22-18(20)14-17(4)11-8-10-16(3)12-9-13-19(5,6)21-7/h8,11,14-16H,9-10,12-13H2,1-7H3/b11-8+,17-14-. The van der Waals surface area contributed by atoms with Crippen molar-refractivity contribution < 1.29 is 14.3 Å². The molecule has 0 aliphatic carbocycles. The maximum atomic E-state index is 11.5. The van der Waals surface area contributed by atoms with Crippen LogP contribution in [0.15, 0.2) is 23.8 Å². The Hall–Kier alpha value is -1.09. The van der Waals surface area contributed by atoms with E-state index in [1.54, 1.807) is 13.2 Å². The molecule has 3 heteroatoms. The minimum absolute atomic E-state index is 0.0222. The van der Waals surface area contributed by atoms with Crippen LogP contribution in [0.2, 0.25) is 0 Å². The van der Waals surface area contributed by atoms with Crippen molar-refractivity contribution in [3.05, 3.63) is 23.8 Å². The molecule has 22 heavy (non-hydrogen) atoms. The number of carbonyl (C=O) groups is 1. The van der Waals surface area contributed by atoms with E-state index in [2.05, 4.69) is 26.8 Å². The van der Waals surface area contributed by atoms with E-state index < -0.39 is 0 Å². The third kappa shape index (κ3) is 11.6. The van der Waals surface area contributed by atoms with Crippen LogP contribution in [0, 0.1) is 5.92 Å². The first-order valence-corrected chi connectivity index (χ1v) is 8.27. The molecule has 0 aliphatic heterocycles. The van der Waals surface area contributed by atoms with Crippen molar-refractivity contribution in [3.8, 4) is 0 Å². The average molecular weight is 310 g/mol. The number of esters is 1. The number of hydrogen-bond acceptors (Lipinski definition) is 3. The first-order chi connectivity index (χ1) is 10.2. The summed E-state index contributed by atoms with van der Waals surface area (Å²) in [4.78, 5) is 11.5. The van der Waals surface area contributed by atoms with Gasteiger partial charge in [0.25, 0.3) is 0 Å². The van der Waals surface area contributed by atoms with Crippen molar-refractivity contribution in [1.82, 2.24) is 0 Å². The fraction of sp³-hybridized carbons (Fsp3) is 0.737. The largest absolute Gasteiger partial charge is 0.460 e. The van der Waals surface area contributed by atoms with Crippen LogP contribution < -0.4 is 0 Å². The molecule has 0 spiro atoms. The molecule has 0 aliphatic rings. The molecule has 0 fully saturated rings. The summed E-state index contributed by atoms with van der Waals surface area (Å²) in [6, 6.07) is 0. The summed E-state index contributed by atoms with van der Waals surface area (Å²) in [6.45, 7) is 12.1. The minimum Gasteiger partial charge on any atom is -0.460 e. The van der Waals surface area contributed by atoms with Gasteiger partial charge in [-0.1, -0.05) is 31.9 Å². The van der Waals surface area contributed by atoms with Gasteiger partial charge in [0.15, 0.2) is 0 Å². The smallest absolute Gasteiger partial charge is 0.331 e. The van der Waals surface area contributed by atoms with E-state index in [0.29, 0.717) is 5.92 Å². The Bertz CT molecular complexity index is 378. The van der Waals surface area contributed by atoms with E-state index in [-0.39, 0.29) is 17.7 Å². The molecule has 128 valence electrons. The predicted molar refractivity (Wildman–Crippen MR) is 92.8 cm³/mol. The van der Waals surface area contributed by atoms with Gasteiger partial charge in [-0.3, -0.25) is 0 Å². The van der Waals surface area contributed by atoms with Crippen molar-refractivity contribution in [3.63, 3.8) is 0 Å². The monoisotopic (exact) mass is 310 g/mol. The van der Waals surface area contributed by atoms with Crippen molar-refractivity contribution in [2.45, 2.75) is 78.9 Å². The van der Waals surface area contributed by atoms with Gasteiger partial charge in [-0.25, -0.2) is 4.79 Å². The van der Waals surface area contributed by atoms with Crippen LogP contribution in [-0.4, -0.2) is 24.8 Å². The lowest BCUT2D eigenvalue weighted by atomic mass is 9.95. The van der Waals surface area contributed by atoms with E-state index in [1.807, 2.05) is 26.8 Å². The van der Waals surface area contributed by atoms with Gasteiger partial charge in [0.2, 0.25) is 0 Å². The van der Waals surface area contributed by atoms with E-state index in [0.717, 1.165) is 18.4 Å². The van der Waals surface area contributed by atoms with Gasteiger partial charge in [-0.2, -0.15) is 0 Å². The van der Waals surface area contributed by atoms with Crippen molar-refractivity contribution in [1.29, 1.82) is 0 Å². The Morgan fingerprint density at radius 1 is 1.23 bits per heavy atom. The SMILES string of the molecule is COC(C)(C)CCCC(C)C/C=C/C(C)=C\C(=O)OC(C)C. The van der Waals surface area contributed by atoms with E-state index in [9.17, 15) is 4.79 Å². The van der Waals surface area contributed by atoms with Gasteiger partial charge in [0, 0.05) is 13.2 Å². The summed E-state index contributed by atoms with van der Waals surface area (Å²) in [5.74, 6) is 0.367. The van der Waals surface area contributed by atoms with Gasteiger partial charge >= 0.3 is 5.97 Å². The zero-order valence-electron chi connectivity index (χ0n) is 15.4. The highest BCUT2D eigenvalue weighted by molar-refractivity contribution is 5.83. The summed E-state index contributed by atoms with van der Waals surface area (Å²) in [5.41, 5.74) is 0.907. The molecule has 3 nitrogen and oxygen atoms in total. The zero-order valence-corrected chi connectivity index (χ0v) is 15.4. The zero-order chi connectivity index (χ0) is 17.2. The molecule has 0 bridgehead atoms. The topological polar surface area (TPSA) is 35.5 Å². The molecule has 0 N–H and O–H groups in total. The number of allylic oxidation sites excluding steroid dienone is 3. The Morgan fingerprint density at radius 3 is 2.41 bits per heavy atom. The lowest BCUT2D eigenvalue weighted by Crippen LogP contribution is -2.22. The number of rotatable bonds is 10. The van der Waals surface area contributed by atoms with Crippen LogP contribution in [0.1, 0.15) is 67.2 Å². The molecule has 0 saturated heterocycles. The third-order valence-electron chi connectivity index (χ3n) is 3.64. The van der Waals surface area contributed by atoms with Crippen LogP contribution in [0.5, 0.6) is 0 Å². The van der Waals surface area contributed by atoms with Gasteiger partial charge in [0.1, 0.15) is 0 Å². The molecule has 0 aromatic heterocycles. The molecule has 0 radical (unpaired) electrons. The van der Waals surface area contributed by atoms with Crippen LogP contribution in [-0.2, 0) is 14.3 Å². The van der Waals surface area contributed by atoms with Crippen molar-refractivity contribution >= 4 is 5.97 Å². The summed E-state index contributed by atoms with van der Waals surface area (Å²) < 4.78 is 10.5. The van der Waals surface area contributed by atoms with Gasteiger partial charge in [-0.05, 0) is 59.0 Å². The van der Waals surface area contributed by atoms with Gasteiger partial charge in [0.05, 0.1) is 11.7 Å². The summed E-state index contributed by atoms with van der Waals surface area (Å²) in [5, 5.41) is 0. The van der Waals surface area contributed by atoms with Crippen LogP contribution in [0.4, 0.5) is 0 Å². The average Bonchev–Trinajstić information content (AvgIpc) is 2.37. The second-order valence-electron chi connectivity index (χ2n) is 6.97. The lowest BCUT2D eigenvalue weighted by Gasteiger charge is -2.23. The first kappa shape index (κ1) is 20.9. The molecule has 0 amide bonds. The molecule has 0 aromatic carbocycles. The minimum atomic E-state index is -0.271. The lowest BCUT2D eigenvalue weighted by molar-refractivity contribution is -0.141. The van der Waals surface area contributed by atoms with E-state index in [1.165, 1.54) is 12.8 Å². The second kappa shape index (κ2) is 10.6. The molecular weight excluding hydrogens is 276 g/mol. The molecule has 0 rings (SSSR count). The van der Waals surface area contributed by atoms with E-state index in [4.69, 9.17) is 9.47 Å². The highest BCUT2D eigenvalue weighted by Crippen LogP contribution is 2.20. The molecule has 0 aromatic rings. The quantitative estimate of drug-likeness (QED) is 0.321. The molecule has 0 heterocycles. The van der Waals surface area contributed by atoms with Gasteiger partial charge in [-0.15, -0.1) is 0 Å². The fourth-order valence-corrected chi connectivity index (χ4v) is 2.08. The normalized spacial score (nSPS) is 14.6. The maximum Gasteiger partial charge on any atom is 0.331 e. The van der Waals surface area contributed by atoms with Crippen LogP contribution >= 0.6 is 0 Å². The number of carbonyl (C=O) groups excluding carboxylic acids is 1. The molecule has 1 unspecified atom stereocenters. The summed E-state index contributed by atoms with van der Waals surface area (Å²) in [6.07, 6.45) is 10.1.